The van der Waals surface area contributed by atoms with Crippen molar-refractivity contribution >= 4 is 0 Å². The van der Waals surface area contributed by atoms with Crippen LogP contribution in [0.5, 0.6) is 0 Å². The van der Waals surface area contributed by atoms with E-state index in [9.17, 15) is 0 Å². The number of hydrogen-bond donors (Lipinski definition) is 1. The molecule has 0 amide bonds. The molecule has 0 aromatic heterocycles. The lowest BCUT2D eigenvalue weighted by Gasteiger charge is -2.22. The third-order valence-electron chi connectivity index (χ3n) is 3.32. The smallest absolute Gasteiger partial charge is 0.00508 e. The fourth-order valence-electron chi connectivity index (χ4n) is 2.23. The van der Waals surface area contributed by atoms with Crippen LogP contribution in [0.25, 0.3) is 0 Å². The molecule has 0 aromatic carbocycles. The lowest BCUT2D eigenvalue weighted by molar-refractivity contribution is 0.268. The molecule has 0 bridgehead atoms. The van der Waals surface area contributed by atoms with Crippen molar-refractivity contribution in [3.05, 3.63) is 0 Å². The molecule has 1 atom stereocenters. The number of hydrogen-bond acceptors (Lipinski definition) is 2. The van der Waals surface area contributed by atoms with Gasteiger partial charge >= 0.3 is 0 Å². The second kappa shape index (κ2) is 8.12. The van der Waals surface area contributed by atoms with Gasteiger partial charge in [0.05, 0.1) is 0 Å². The summed E-state index contributed by atoms with van der Waals surface area (Å²) in [4.78, 5) is 2.65. The first-order chi connectivity index (χ1) is 7.33. The van der Waals surface area contributed by atoms with Crippen LogP contribution in [-0.2, 0) is 0 Å². The topological polar surface area (TPSA) is 15.3 Å². The number of nitrogens with one attached hydrogen (secondary N) is 1. The van der Waals surface area contributed by atoms with Crippen LogP contribution in [0, 0.1) is 0 Å². The molecule has 0 radical (unpaired) electrons. The zero-order valence-electron chi connectivity index (χ0n) is 10.6. The van der Waals surface area contributed by atoms with E-state index in [1.165, 1.54) is 64.7 Å². The Labute approximate surface area is 95.4 Å². The molecule has 1 rings (SSSR count). The van der Waals surface area contributed by atoms with Crippen LogP contribution in [0.15, 0.2) is 0 Å². The van der Waals surface area contributed by atoms with Crippen LogP contribution in [0.4, 0.5) is 0 Å². The van der Waals surface area contributed by atoms with Gasteiger partial charge in [-0.05, 0) is 58.8 Å². The molecule has 1 N–H and O–H groups in total. The third-order valence-corrected chi connectivity index (χ3v) is 3.32. The quantitative estimate of drug-likeness (QED) is 0.728. The highest BCUT2D eigenvalue weighted by Crippen LogP contribution is 2.10. The van der Waals surface area contributed by atoms with Crippen LogP contribution in [0.3, 0.4) is 0 Å². The summed E-state index contributed by atoms with van der Waals surface area (Å²) in [6.07, 6.45) is 8.27. The first-order valence-corrected chi connectivity index (χ1v) is 6.78. The van der Waals surface area contributed by atoms with E-state index >= 15 is 0 Å². The second-order valence-electron chi connectivity index (χ2n) is 4.90. The fraction of sp³-hybridized carbons (Fsp3) is 1.00. The molecular weight excluding hydrogens is 184 g/mol. The molecular formula is C13H28N2. The molecule has 0 spiro atoms. The Morgan fingerprint density at radius 1 is 1.13 bits per heavy atom. The van der Waals surface area contributed by atoms with Crippen molar-refractivity contribution in [3.63, 3.8) is 0 Å². The largest absolute Gasteiger partial charge is 0.314 e. The Morgan fingerprint density at radius 2 is 1.80 bits per heavy atom. The van der Waals surface area contributed by atoms with Gasteiger partial charge in [-0.15, -0.1) is 0 Å². The summed E-state index contributed by atoms with van der Waals surface area (Å²) in [7, 11) is 0. The molecule has 1 unspecified atom stereocenters. The van der Waals surface area contributed by atoms with E-state index in [1.807, 2.05) is 0 Å². The van der Waals surface area contributed by atoms with Gasteiger partial charge < -0.3 is 10.2 Å². The molecule has 0 aromatic rings. The molecule has 90 valence electrons. The number of likely N-dealkylation sites (tertiary alicyclic amines) is 1. The summed E-state index contributed by atoms with van der Waals surface area (Å²) in [5, 5.41) is 3.56. The van der Waals surface area contributed by atoms with Gasteiger partial charge in [-0.3, -0.25) is 0 Å². The minimum absolute atomic E-state index is 0.688. The fourth-order valence-corrected chi connectivity index (χ4v) is 2.23. The molecule has 1 aliphatic rings. The van der Waals surface area contributed by atoms with Crippen molar-refractivity contribution in [1.29, 1.82) is 0 Å². The van der Waals surface area contributed by atoms with E-state index < -0.39 is 0 Å². The Hall–Kier alpha value is -0.0800. The normalized spacial score (nSPS) is 21.2. The van der Waals surface area contributed by atoms with Gasteiger partial charge in [-0.1, -0.05) is 19.8 Å². The molecule has 0 saturated carbocycles. The third kappa shape index (κ3) is 6.16. The summed E-state index contributed by atoms with van der Waals surface area (Å²) < 4.78 is 0. The highest BCUT2D eigenvalue weighted by atomic mass is 15.1. The van der Waals surface area contributed by atoms with Crippen molar-refractivity contribution in [2.45, 2.75) is 58.4 Å². The Morgan fingerprint density at radius 3 is 2.40 bits per heavy atom. The average molecular weight is 212 g/mol. The van der Waals surface area contributed by atoms with Gasteiger partial charge in [0.25, 0.3) is 0 Å². The SMILES string of the molecule is CCCNC(C)CCN1CCCCCC1. The summed E-state index contributed by atoms with van der Waals surface area (Å²) in [5.41, 5.74) is 0. The van der Waals surface area contributed by atoms with Gasteiger partial charge in [0.15, 0.2) is 0 Å². The van der Waals surface area contributed by atoms with E-state index in [4.69, 9.17) is 0 Å². The van der Waals surface area contributed by atoms with Crippen LogP contribution < -0.4 is 5.32 Å². The zero-order valence-corrected chi connectivity index (χ0v) is 10.6. The predicted octanol–water partition coefficient (Wildman–Crippen LogP) is 2.64. The maximum absolute atomic E-state index is 3.56. The second-order valence-corrected chi connectivity index (χ2v) is 4.90. The monoisotopic (exact) mass is 212 g/mol. The van der Waals surface area contributed by atoms with E-state index in [0.29, 0.717) is 6.04 Å². The Kier molecular flexibility index (Phi) is 7.03. The maximum atomic E-state index is 3.56. The molecule has 1 heterocycles. The van der Waals surface area contributed by atoms with Crippen molar-refractivity contribution in [2.75, 3.05) is 26.2 Å². The van der Waals surface area contributed by atoms with Crippen molar-refractivity contribution in [3.8, 4) is 0 Å². The van der Waals surface area contributed by atoms with E-state index in [-0.39, 0.29) is 0 Å². The van der Waals surface area contributed by atoms with E-state index in [2.05, 4.69) is 24.1 Å². The first-order valence-electron chi connectivity index (χ1n) is 6.78. The van der Waals surface area contributed by atoms with Gasteiger partial charge in [0, 0.05) is 6.04 Å². The minimum atomic E-state index is 0.688. The maximum Gasteiger partial charge on any atom is 0.00508 e. The lowest BCUT2D eigenvalue weighted by atomic mass is 10.2. The Bertz CT molecular complexity index is 139. The average Bonchev–Trinajstić information content (AvgIpc) is 2.51. The molecule has 15 heavy (non-hydrogen) atoms. The number of rotatable bonds is 6. The van der Waals surface area contributed by atoms with Gasteiger partial charge in [-0.2, -0.15) is 0 Å². The molecule has 2 nitrogen and oxygen atoms in total. The Balaban J connectivity index is 2.06. The molecule has 0 aliphatic carbocycles. The first kappa shape index (κ1) is 13.0. The van der Waals surface area contributed by atoms with Crippen LogP contribution in [-0.4, -0.2) is 37.1 Å². The van der Waals surface area contributed by atoms with Gasteiger partial charge in [0.2, 0.25) is 0 Å². The highest BCUT2D eigenvalue weighted by molar-refractivity contribution is 4.67. The summed E-state index contributed by atoms with van der Waals surface area (Å²) >= 11 is 0. The summed E-state index contributed by atoms with van der Waals surface area (Å²) in [6, 6.07) is 0.688. The molecule has 2 heteroatoms. The van der Waals surface area contributed by atoms with Crippen LogP contribution >= 0.6 is 0 Å². The summed E-state index contributed by atoms with van der Waals surface area (Å²) in [6.45, 7) is 9.67. The van der Waals surface area contributed by atoms with Crippen LogP contribution in [0.2, 0.25) is 0 Å². The highest BCUT2D eigenvalue weighted by Gasteiger charge is 2.09. The van der Waals surface area contributed by atoms with Crippen molar-refractivity contribution in [2.24, 2.45) is 0 Å². The van der Waals surface area contributed by atoms with Gasteiger partial charge in [-0.25, -0.2) is 0 Å². The number of nitrogens with zero attached hydrogens (tertiary/aromatic N) is 1. The molecule has 1 aliphatic heterocycles. The minimum Gasteiger partial charge on any atom is -0.314 e. The van der Waals surface area contributed by atoms with E-state index in [1.54, 1.807) is 0 Å². The van der Waals surface area contributed by atoms with Crippen LogP contribution in [0.1, 0.15) is 52.4 Å². The van der Waals surface area contributed by atoms with E-state index in [0.717, 1.165) is 0 Å². The van der Waals surface area contributed by atoms with Gasteiger partial charge in [0.1, 0.15) is 0 Å². The molecule has 1 fully saturated rings. The van der Waals surface area contributed by atoms with Crippen molar-refractivity contribution in [1.82, 2.24) is 10.2 Å². The zero-order chi connectivity index (χ0) is 10.9. The standard InChI is InChI=1S/C13H28N2/c1-3-9-14-13(2)8-12-15-10-6-4-5-7-11-15/h13-14H,3-12H2,1-2H3. The molecule has 1 saturated heterocycles. The lowest BCUT2D eigenvalue weighted by Crippen LogP contribution is -2.33. The summed E-state index contributed by atoms with van der Waals surface area (Å²) in [5.74, 6) is 0. The van der Waals surface area contributed by atoms with Crippen molar-refractivity contribution < 1.29 is 0 Å². The predicted molar refractivity (Wildman–Crippen MR) is 67.3 cm³/mol.